The third kappa shape index (κ3) is 3.43. The van der Waals surface area contributed by atoms with Crippen LogP contribution in [0.15, 0.2) is 53.9 Å². The summed E-state index contributed by atoms with van der Waals surface area (Å²) in [4.78, 5) is 16.0. The topological polar surface area (TPSA) is 77.8 Å². The lowest BCUT2D eigenvalue weighted by Crippen LogP contribution is -2.21. The number of ether oxygens (including phenoxy) is 1. The molecule has 1 aromatic carbocycles. The monoisotopic (exact) mass is 284 g/mol. The van der Waals surface area contributed by atoms with Gasteiger partial charge in [-0.1, -0.05) is 12.1 Å². The van der Waals surface area contributed by atoms with E-state index in [2.05, 4.69) is 10.1 Å². The second-order valence-corrected chi connectivity index (χ2v) is 4.20. The van der Waals surface area contributed by atoms with Crippen LogP contribution in [0.2, 0.25) is 0 Å². The van der Waals surface area contributed by atoms with Crippen LogP contribution in [0.1, 0.15) is 22.8 Å². The summed E-state index contributed by atoms with van der Waals surface area (Å²) in [5.74, 6) is -0.444. The standard InChI is InChI=1S/C15H14N3O3/c1-11(12-7-9-16-10-8-12)17-18(20)15(19)13-5-3-4-6-14(13)21-2/h3-10H,1-2H3/q-1. The van der Waals surface area contributed by atoms with E-state index in [1.165, 1.54) is 13.2 Å². The number of hydrogen-bond donors (Lipinski definition) is 0. The van der Waals surface area contributed by atoms with E-state index in [9.17, 15) is 10.0 Å². The maximum absolute atomic E-state index is 12.1. The molecular formula is C15H14N3O3-. The molecule has 1 heterocycles. The Morgan fingerprint density at radius 2 is 1.90 bits per heavy atom. The van der Waals surface area contributed by atoms with Gasteiger partial charge < -0.3 is 9.94 Å². The summed E-state index contributed by atoms with van der Waals surface area (Å²) >= 11 is 0. The zero-order valence-corrected chi connectivity index (χ0v) is 11.7. The van der Waals surface area contributed by atoms with Crippen LogP contribution in [0.5, 0.6) is 5.75 Å². The lowest BCUT2D eigenvalue weighted by Gasteiger charge is -2.23. The number of methoxy groups -OCH3 is 1. The Bertz CT molecular complexity index is 656. The van der Waals surface area contributed by atoms with Gasteiger partial charge in [-0.3, -0.25) is 15.0 Å². The van der Waals surface area contributed by atoms with E-state index in [1.807, 2.05) is 0 Å². The number of benzene rings is 1. The molecule has 0 saturated carbocycles. The van der Waals surface area contributed by atoms with Crippen molar-refractivity contribution in [2.75, 3.05) is 7.11 Å². The van der Waals surface area contributed by atoms with Crippen LogP contribution in [0, 0.1) is 5.21 Å². The number of nitrogens with zero attached hydrogens (tertiary/aromatic N) is 3. The Kier molecular flexibility index (Phi) is 4.63. The highest BCUT2D eigenvalue weighted by molar-refractivity contribution is 6.01. The molecule has 108 valence electrons. The third-order valence-electron chi connectivity index (χ3n) is 2.85. The lowest BCUT2D eigenvalue weighted by atomic mass is 10.2. The molecule has 2 rings (SSSR count). The van der Waals surface area contributed by atoms with Crippen LogP contribution in [0.4, 0.5) is 0 Å². The average molecular weight is 284 g/mol. The highest BCUT2D eigenvalue weighted by Crippen LogP contribution is 2.19. The molecule has 6 heteroatoms. The van der Waals surface area contributed by atoms with Gasteiger partial charge >= 0.3 is 0 Å². The van der Waals surface area contributed by atoms with Gasteiger partial charge in [-0.25, -0.2) is 0 Å². The van der Waals surface area contributed by atoms with E-state index in [0.29, 0.717) is 11.5 Å². The maximum atomic E-state index is 12.1. The van der Waals surface area contributed by atoms with Crippen molar-refractivity contribution in [1.29, 1.82) is 0 Å². The first-order chi connectivity index (χ1) is 10.1. The zero-order chi connectivity index (χ0) is 15.2. The minimum Gasteiger partial charge on any atom is -0.735 e. The average Bonchev–Trinajstić information content (AvgIpc) is 2.54. The first-order valence-corrected chi connectivity index (χ1v) is 6.23. The Hall–Kier alpha value is -2.73. The van der Waals surface area contributed by atoms with Crippen molar-refractivity contribution < 1.29 is 9.53 Å². The van der Waals surface area contributed by atoms with Crippen molar-refractivity contribution in [3.8, 4) is 5.75 Å². The van der Waals surface area contributed by atoms with E-state index in [-0.39, 0.29) is 10.7 Å². The van der Waals surface area contributed by atoms with E-state index >= 15 is 0 Å². The number of pyridine rings is 1. The fourth-order valence-electron chi connectivity index (χ4n) is 1.76. The molecule has 6 nitrogen and oxygen atoms in total. The van der Waals surface area contributed by atoms with E-state index in [4.69, 9.17) is 4.74 Å². The fraction of sp³-hybridized carbons (Fsp3) is 0.133. The van der Waals surface area contributed by atoms with Crippen LogP contribution in [0.3, 0.4) is 0 Å². The van der Waals surface area contributed by atoms with Crippen LogP contribution in [0.25, 0.3) is 0 Å². The molecule has 2 aromatic rings. The predicted molar refractivity (Wildman–Crippen MR) is 79.0 cm³/mol. The molecule has 0 bridgehead atoms. The molecule has 0 aliphatic rings. The Morgan fingerprint density at radius 3 is 2.57 bits per heavy atom. The number of hydrazone groups is 1. The maximum Gasteiger partial charge on any atom is 0.267 e. The first-order valence-electron chi connectivity index (χ1n) is 6.23. The summed E-state index contributed by atoms with van der Waals surface area (Å²) in [6.07, 6.45) is 3.18. The Labute approximate surface area is 122 Å². The molecule has 0 aliphatic heterocycles. The van der Waals surface area contributed by atoms with Crippen molar-refractivity contribution in [3.63, 3.8) is 0 Å². The minimum atomic E-state index is -0.777. The molecule has 0 aliphatic carbocycles. The largest absolute Gasteiger partial charge is 0.735 e. The van der Waals surface area contributed by atoms with Gasteiger partial charge in [0.2, 0.25) is 0 Å². The molecule has 0 N–H and O–H groups in total. The van der Waals surface area contributed by atoms with Crippen LogP contribution in [-0.2, 0) is 0 Å². The molecular weight excluding hydrogens is 270 g/mol. The van der Waals surface area contributed by atoms with Crippen molar-refractivity contribution in [3.05, 3.63) is 65.1 Å². The minimum absolute atomic E-state index is 0.0631. The number of hydroxylamine groups is 1. The SMILES string of the molecule is COc1ccccc1C(=O)N([O-])N=C(C)c1ccncc1. The van der Waals surface area contributed by atoms with Crippen molar-refractivity contribution in [2.24, 2.45) is 5.10 Å². The molecule has 0 spiro atoms. The molecule has 0 radical (unpaired) electrons. The van der Waals surface area contributed by atoms with Crippen molar-refractivity contribution in [2.45, 2.75) is 6.92 Å². The molecule has 0 saturated heterocycles. The van der Waals surface area contributed by atoms with E-state index in [0.717, 1.165) is 5.56 Å². The van der Waals surface area contributed by atoms with Crippen molar-refractivity contribution >= 4 is 11.6 Å². The van der Waals surface area contributed by atoms with Gasteiger partial charge in [0.05, 0.1) is 18.4 Å². The fourth-order valence-corrected chi connectivity index (χ4v) is 1.76. The second kappa shape index (κ2) is 6.62. The number of amides is 1. The summed E-state index contributed by atoms with van der Waals surface area (Å²) in [6, 6.07) is 9.92. The highest BCUT2D eigenvalue weighted by Gasteiger charge is 2.13. The summed E-state index contributed by atoms with van der Waals surface area (Å²) in [6.45, 7) is 1.65. The number of carbonyl (C=O) groups is 1. The number of hydrogen-bond acceptors (Lipinski definition) is 5. The predicted octanol–water partition coefficient (Wildman–Crippen LogP) is 2.45. The molecule has 1 aromatic heterocycles. The highest BCUT2D eigenvalue weighted by atomic mass is 16.5. The third-order valence-corrected chi connectivity index (χ3v) is 2.85. The second-order valence-electron chi connectivity index (χ2n) is 4.20. The van der Waals surface area contributed by atoms with E-state index in [1.54, 1.807) is 49.6 Å². The zero-order valence-electron chi connectivity index (χ0n) is 11.7. The smallest absolute Gasteiger partial charge is 0.267 e. The summed E-state index contributed by atoms with van der Waals surface area (Å²) in [5.41, 5.74) is 1.32. The number of para-hydroxylation sites is 1. The Morgan fingerprint density at radius 1 is 1.24 bits per heavy atom. The van der Waals surface area contributed by atoms with Gasteiger partial charge in [0, 0.05) is 18.0 Å². The normalized spacial score (nSPS) is 11.1. The van der Waals surface area contributed by atoms with E-state index < -0.39 is 5.91 Å². The lowest BCUT2D eigenvalue weighted by molar-refractivity contribution is 0.0822. The molecule has 0 atom stereocenters. The Balaban J connectivity index is 2.24. The van der Waals surface area contributed by atoms with Crippen LogP contribution in [-0.4, -0.2) is 28.9 Å². The molecule has 21 heavy (non-hydrogen) atoms. The summed E-state index contributed by atoms with van der Waals surface area (Å²) < 4.78 is 5.06. The van der Waals surface area contributed by atoms with Gasteiger partial charge in [0.1, 0.15) is 5.75 Å². The van der Waals surface area contributed by atoms with Crippen LogP contribution >= 0.6 is 0 Å². The van der Waals surface area contributed by atoms with Gasteiger partial charge in [-0.05, 0) is 31.2 Å². The molecule has 0 unspecified atom stereocenters. The first kappa shape index (κ1) is 14.7. The molecule has 1 amide bonds. The number of carbonyl (C=O) groups excluding carboxylic acids is 1. The number of rotatable bonds is 4. The summed E-state index contributed by atoms with van der Waals surface area (Å²) in [5, 5.41) is 15.7. The van der Waals surface area contributed by atoms with Crippen molar-refractivity contribution in [1.82, 2.24) is 10.2 Å². The van der Waals surface area contributed by atoms with Gasteiger partial charge in [-0.2, -0.15) is 5.10 Å². The number of aromatic nitrogens is 1. The summed E-state index contributed by atoms with van der Waals surface area (Å²) in [7, 11) is 1.44. The van der Waals surface area contributed by atoms with Gasteiger partial charge in [0.25, 0.3) is 5.91 Å². The van der Waals surface area contributed by atoms with Gasteiger partial charge in [0.15, 0.2) is 0 Å². The quantitative estimate of drug-likeness (QED) is 0.638. The van der Waals surface area contributed by atoms with Gasteiger partial charge in [-0.15, -0.1) is 0 Å². The molecule has 0 fully saturated rings. The van der Waals surface area contributed by atoms with Crippen LogP contribution < -0.4 is 4.74 Å².